The monoisotopic (exact) mass is 1790 g/mol. The molecule has 39 nitrogen and oxygen atoms in total. The summed E-state index contributed by atoms with van der Waals surface area (Å²) in [6.45, 7) is 11.9. The van der Waals surface area contributed by atoms with Gasteiger partial charge in [-0.2, -0.15) is 9.59 Å². The first-order valence-corrected chi connectivity index (χ1v) is 43.6. The average molecular weight is 1790 g/mol. The Labute approximate surface area is 723 Å². The summed E-state index contributed by atoms with van der Waals surface area (Å²) in [5.74, 6) is -18.0. The van der Waals surface area contributed by atoms with Gasteiger partial charge in [0.25, 0.3) is 5.91 Å². The summed E-state index contributed by atoms with van der Waals surface area (Å²) in [6.07, 6.45) is 0.362. The van der Waals surface area contributed by atoms with Crippen molar-refractivity contribution in [3.63, 3.8) is 0 Å². The van der Waals surface area contributed by atoms with E-state index in [1.165, 1.54) is 41.5 Å². The van der Waals surface area contributed by atoms with Crippen molar-refractivity contribution in [1.29, 1.82) is 0 Å². The molecule has 680 valence electrons. The number of piperidine rings is 1. The van der Waals surface area contributed by atoms with Gasteiger partial charge in [-0.3, -0.25) is 67.2 Å². The van der Waals surface area contributed by atoms with Crippen LogP contribution in [0.1, 0.15) is 196 Å². The van der Waals surface area contributed by atoms with Gasteiger partial charge in [0.15, 0.2) is 24.4 Å². The number of carboxylic acids is 5. The van der Waals surface area contributed by atoms with E-state index in [2.05, 4.69) is 47.5 Å². The fraction of sp³-hybridized carbons (Fsp3) is 0.593. The fourth-order valence-electron chi connectivity index (χ4n) is 12.9. The number of ether oxygens (including phenoxy) is 3. The number of phenols is 1. The Balaban J connectivity index is 0.0000128. The fourth-order valence-corrected chi connectivity index (χ4v) is 15.8. The SMILES string of the molecule is CCCC(=O)OCN(C(=O)[C@@H](CC(=O)[C@H]1CCCCN1C)C(C)CC)[C@H](C[C@@H](OC(C)=O)c1nc(C(=O)N[C@@H](Cc2ccc(O)cc2)C[C@H](C)C(=O)NCC(=O)OCCSSC[C@H](NC(=O)[C@H](CC(=O)O)CC(=O)[C@H](CC(=O)O)NC(=O)Cc2ccc(CNC(=O)NCCCC[C@H](NC(=O)NCCCC(=O)O)C(=O)O)cc2)C(=O)O)cs1)C(C)C.O=C=O. The summed E-state index contributed by atoms with van der Waals surface area (Å²) in [6, 6.07) is 4.57. The van der Waals surface area contributed by atoms with Gasteiger partial charge in [-0.05, 0) is 112 Å². The van der Waals surface area contributed by atoms with E-state index >= 15 is 4.79 Å². The number of likely N-dealkylation sites (tertiary alicyclic amines) is 1. The number of Topliss-reactive ketones (excluding diaryl/α,β-unsaturated/α-hetero) is 2. The van der Waals surface area contributed by atoms with Gasteiger partial charge in [0.2, 0.25) is 23.6 Å². The van der Waals surface area contributed by atoms with E-state index in [4.69, 9.17) is 28.9 Å². The predicted octanol–water partition coefficient (Wildman–Crippen LogP) is 5.34. The van der Waals surface area contributed by atoms with Gasteiger partial charge >= 0.3 is 66.0 Å². The number of benzene rings is 2. The third kappa shape index (κ3) is 42.0. The molecule has 0 spiro atoms. The number of thiazole rings is 1. The first kappa shape index (κ1) is 106. The van der Waals surface area contributed by atoms with E-state index < -0.39 is 182 Å². The zero-order chi connectivity index (χ0) is 91.8. The number of aromatic nitrogens is 1. The summed E-state index contributed by atoms with van der Waals surface area (Å²) in [5.41, 5.74) is 1.58. The minimum Gasteiger partial charge on any atom is -0.508 e. The third-order valence-electron chi connectivity index (χ3n) is 19.7. The number of ketones is 2. The highest BCUT2D eigenvalue weighted by Gasteiger charge is 2.41. The van der Waals surface area contributed by atoms with Crippen molar-refractivity contribution in [2.75, 3.05) is 58.1 Å². The van der Waals surface area contributed by atoms with Crippen molar-refractivity contribution < 1.29 is 136 Å². The van der Waals surface area contributed by atoms with Gasteiger partial charge < -0.3 is 92.3 Å². The lowest BCUT2D eigenvalue weighted by Gasteiger charge is -2.39. The van der Waals surface area contributed by atoms with Crippen LogP contribution >= 0.6 is 32.9 Å². The smallest absolute Gasteiger partial charge is 0.373 e. The molecule has 3 aromatic rings. The van der Waals surface area contributed by atoms with Crippen LogP contribution in [-0.2, 0) is 110 Å². The molecule has 42 heteroatoms. The number of carbonyl (C=O) groups is 17. The predicted molar refractivity (Wildman–Crippen MR) is 444 cm³/mol. The Kier molecular flexibility index (Phi) is 49.4. The number of hydrogen-bond acceptors (Lipinski definition) is 28. The van der Waals surface area contributed by atoms with Crippen molar-refractivity contribution in [2.24, 2.45) is 29.6 Å². The summed E-state index contributed by atoms with van der Waals surface area (Å²) in [4.78, 5) is 243. The molecule has 2 aromatic carbocycles. The first-order chi connectivity index (χ1) is 58.3. The second-order valence-electron chi connectivity index (χ2n) is 29.8. The highest BCUT2D eigenvalue weighted by Crippen LogP contribution is 2.35. The molecule has 14 N–H and O–H groups in total. The Morgan fingerprint density at radius 2 is 1.31 bits per heavy atom. The van der Waals surface area contributed by atoms with Crippen molar-refractivity contribution in [2.45, 2.75) is 219 Å². The normalized spacial score (nSPS) is 14.8. The zero-order valence-corrected chi connectivity index (χ0v) is 72.6. The van der Waals surface area contributed by atoms with E-state index in [9.17, 15) is 102 Å². The molecule has 1 fully saturated rings. The molecule has 9 amide bonds. The number of hydrogen-bond donors (Lipinski definition) is 14. The molecule has 11 atom stereocenters. The van der Waals surface area contributed by atoms with E-state index in [1.807, 2.05) is 46.6 Å². The van der Waals surface area contributed by atoms with Gasteiger partial charge in [-0.1, -0.05) is 112 Å². The Bertz CT molecular complexity index is 4050. The van der Waals surface area contributed by atoms with E-state index in [0.29, 0.717) is 48.8 Å². The molecule has 1 aliphatic heterocycles. The molecular formula is C81H115N11O28S3. The van der Waals surface area contributed by atoms with E-state index in [0.717, 1.165) is 52.3 Å². The highest BCUT2D eigenvalue weighted by atomic mass is 33.1. The maximum Gasteiger partial charge on any atom is 0.373 e. The number of carbonyl (C=O) groups excluding carboxylic acids is 14. The summed E-state index contributed by atoms with van der Waals surface area (Å²) >= 11 is 1.03. The summed E-state index contributed by atoms with van der Waals surface area (Å²) in [7, 11) is 3.85. The number of aliphatic carboxylic acids is 5. The molecule has 0 aliphatic carbocycles. The number of unbranched alkanes of at least 4 members (excludes halogenated alkanes) is 1. The van der Waals surface area contributed by atoms with Crippen LogP contribution in [0.2, 0.25) is 0 Å². The number of nitrogens with zero attached hydrogens (tertiary/aromatic N) is 3. The Morgan fingerprint density at radius 3 is 1.92 bits per heavy atom. The highest BCUT2D eigenvalue weighted by molar-refractivity contribution is 8.76. The molecule has 0 radical (unpaired) electrons. The van der Waals surface area contributed by atoms with Gasteiger partial charge in [-0.15, -0.1) is 11.3 Å². The molecule has 1 unspecified atom stereocenters. The first-order valence-electron chi connectivity index (χ1n) is 40.2. The van der Waals surface area contributed by atoms with Crippen LogP contribution in [0.25, 0.3) is 0 Å². The molecule has 4 rings (SSSR count). The van der Waals surface area contributed by atoms with Crippen LogP contribution < -0.4 is 42.5 Å². The zero-order valence-electron chi connectivity index (χ0n) is 70.2. The lowest BCUT2D eigenvalue weighted by atomic mass is 9.82. The van der Waals surface area contributed by atoms with Crippen LogP contribution in [0.4, 0.5) is 9.59 Å². The number of phenolic OH excluding ortho intramolecular Hbond substituents is 1. The number of aromatic hydroxyl groups is 1. The third-order valence-corrected chi connectivity index (χ3v) is 23.0. The van der Waals surface area contributed by atoms with Gasteiger partial charge in [0.1, 0.15) is 41.7 Å². The number of esters is 3. The number of rotatable bonds is 57. The Morgan fingerprint density at radius 1 is 0.667 bits per heavy atom. The van der Waals surface area contributed by atoms with Crippen LogP contribution in [0.5, 0.6) is 5.75 Å². The maximum atomic E-state index is 15.1. The second-order valence-corrected chi connectivity index (χ2v) is 33.4. The number of carboxylic acid groups (broad SMARTS) is 5. The van der Waals surface area contributed by atoms with E-state index in [-0.39, 0.29) is 142 Å². The van der Waals surface area contributed by atoms with Gasteiger partial charge in [-0.25, -0.2) is 24.2 Å². The maximum absolute atomic E-state index is 15.1. The summed E-state index contributed by atoms with van der Waals surface area (Å²) in [5, 5.41) is 79.3. The van der Waals surface area contributed by atoms with E-state index in [1.54, 1.807) is 31.2 Å². The topological polar surface area (TPSA) is 589 Å². The number of nitrogens with one attached hydrogen (secondary N) is 8. The molecule has 1 saturated heterocycles. The quantitative estimate of drug-likeness (QED) is 0.0111. The summed E-state index contributed by atoms with van der Waals surface area (Å²) < 4.78 is 16.9. The molecular weight excluding hydrogens is 1670 g/mol. The molecule has 123 heavy (non-hydrogen) atoms. The largest absolute Gasteiger partial charge is 0.508 e. The number of likely N-dealkylation sites (N-methyl/N-ethyl adjacent to an activating group) is 1. The number of urea groups is 2. The van der Waals surface area contributed by atoms with Crippen LogP contribution in [0.3, 0.4) is 0 Å². The van der Waals surface area contributed by atoms with Crippen LogP contribution in [0, 0.1) is 29.6 Å². The Hall–Kier alpha value is -11.1. The van der Waals surface area contributed by atoms with Gasteiger partial charge in [0.05, 0.1) is 37.3 Å². The van der Waals surface area contributed by atoms with Crippen molar-refractivity contribution in [3.05, 3.63) is 81.3 Å². The molecule has 0 saturated carbocycles. The van der Waals surface area contributed by atoms with Gasteiger partial charge in [0, 0.05) is 99.5 Å². The van der Waals surface area contributed by atoms with Crippen molar-refractivity contribution in [3.8, 4) is 5.75 Å². The second kappa shape index (κ2) is 57.3. The minimum atomic E-state index is -1.75. The van der Waals surface area contributed by atoms with Crippen LogP contribution in [0.15, 0.2) is 53.9 Å². The minimum absolute atomic E-state index is 0.0117. The molecule has 2 heterocycles. The van der Waals surface area contributed by atoms with Crippen molar-refractivity contribution >= 4 is 140 Å². The number of amides is 9. The van der Waals surface area contributed by atoms with Crippen molar-refractivity contribution in [1.82, 2.24) is 57.3 Å². The molecule has 0 bridgehead atoms. The lowest BCUT2D eigenvalue weighted by molar-refractivity contribution is -0.192. The van der Waals surface area contributed by atoms with Crippen LogP contribution in [-0.4, -0.2) is 247 Å². The molecule has 1 aliphatic rings. The standard InChI is InChI=1S/C80H115N11O26S3.CO2/c1-9-16-70(103)116-45-91(76(108)56(47(5)10-2)38-64(95)61-18-12-14-30-90(61)8)62(46(3)4)40-65(117-49(7)92)75-88-59(43-118-75)74(107)85-54(34-50-24-26-55(93)27-25-50)33-48(6)72(105)83-42-71(104)115-31-32-119-120-44-60(78(111)112)87-73(106)53(37-68(99)100)36-63(94)58(39-69(101)102)86-66(96)35-51-20-22-52(23-21-51)41-84-79(113)81-28-13-11-17-57(77(109)110)89-80(114)82-29-15-19-67(97)98;2-1-3/h20-27,43,46-48,53-54,56-58,60-62,65,93H,9-19,28-42,44-45H2,1-8H3,(H,83,105)(H,85,107)(H,86,96)(H,87,106)(H,97,98)(H,99,100)(H,101,102)(H,109,110)(H,111,112)(H2,81,84,113)(H2,82,89,114);/t47?,48-,53-,54+,56-,57-,58-,60-,61+,62+,65+;/m0./s1. The molecule has 1 aromatic heterocycles. The lowest BCUT2D eigenvalue weighted by Crippen LogP contribution is -2.50. The average Bonchev–Trinajstić information content (AvgIpc) is 1.78.